The highest BCUT2D eigenvalue weighted by molar-refractivity contribution is 5.68. The molecular formula is C18H23NO2. The van der Waals surface area contributed by atoms with Crippen LogP contribution in [0.3, 0.4) is 0 Å². The summed E-state index contributed by atoms with van der Waals surface area (Å²) in [5.41, 5.74) is 1.58. The Labute approximate surface area is 126 Å². The maximum absolute atomic E-state index is 6.03. The second kappa shape index (κ2) is 6.17. The van der Waals surface area contributed by atoms with Crippen LogP contribution in [0.5, 0.6) is 11.5 Å². The van der Waals surface area contributed by atoms with Gasteiger partial charge < -0.3 is 9.47 Å². The lowest BCUT2D eigenvalue weighted by Crippen LogP contribution is -2.23. The predicted octanol–water partition coefficient (Wildman–Crippen LogP) is 4.71. The van der Waals surface area contributed by atoms with Crippen molar-refractivity contribution in [1.82, 2.24) is 4.98 Å². The minimum absolute atomic E-state index is 0.140. The predicted molar refractivity (Wildman–Crippen MR) is 85.8 cm³/mol. The molecule has 3 heteroatoms. The standard InChI is InChI=1S/C18H23NO2/c1-13(2)20-14-10-11-19-16(12-14)15-8-6-7-9-17(15)21-18(3,4)5/h6-13H,1-5H3. The van der Waals surface area contributed by atoms with E-state index in [1.54, 1.807) is 6.20 Å². The van der Waals surface area contributed by atoms with E-state index in [-0.39, 0.29) is 11.7 Å². The molecule has 0 unspecified atom stereocenters. The lowest BCUT2D eigenvalue weighted by molar-refractivity contribution is 0.131. The molecule has 2 rings (SSSR count). The molecule has 0 spiro atoms. The molecule has 2 aromatic rings. The molecule has 0 amide bonds. The van der Waals surface area contributed by atoms with Gasteiger partial charge in [-0.3, -0.25) is 4.98 Å². The van der Waals surface area contributed by atoms with E-state index in [0.29, 0.717) is 0 Å². The van der Waals surface area contributed by atoms with Crippen molar-refractivity contribution in [3.8, 4) is 22.8 Å². The molecule has 0 bridgehead atoms. The van der Waals surface area contributed by atoms with Crippen LogP contribution in [-0.4, -0.2) is 16.7 Å². The average molecular weight is 285 g/mol. The fraction of sp³-hybridized carbons (Fsp3) is 0.389. The summed E-state index contributed by atoms with van der Waals surface area (Å²) in [5.74, 6) is 1.65. The molecule has 0 aliphatic heterocycles. The van der Waals surface area contributed by atoms with Crippen molar-refractivity contribution in [2.24, 2.45) is 0 Å². The van der Waals surface area contributed by atoms with Gasteiger partial charge in [-0.2, -0.15) is 0 Å². The Morgan fingerprint density at radius 1 is 1.05 bits per heavy atom. The van der Waals surface area contributed by atoms with Crippen molar-refractivity contribution in [2.45, 2.75) is 46.3 Å². The molecule has 0 N–H and O–H groups in total. The lowest BCUT2D eigenvalue weighted by atomic mass is 10.1. The first kappa shape index (κ1) is 15.4. The summed E-state index contributed by atoms with van der Waals surface area (Å²) < 4.78 is 11.8. The van der Waals surface area contributed by atoms with Gasteiger partial charge in [-0.25, -0.2) is 0 Å². The fourth-order valence-corrected chi connectivity index (χ4v) is 2.00. The van der Waals surface area contributed by atoms with Crippen molar-refractivity contribution in [2.75, 3.05) is 0 Å². The Balaban J connectivity index is 2.38. The number of ether oxygens (including phenoxy) is 2. The van der Waals surface area contributed by atoms with Gasteiger partial charge in [0.25, 0.3) is 0 Å². The van der Waals surface area contributed by atoms with Gasteiger partial charge in [0.05, 0.1) is 11.8 Å². The van der Waals surface area contributed by atoms with E-state index in [1.165, 1.54) is 0 Å². The Kier molecular flexibility index (Phi) is 4.51. The summed E-state index contributed by atoms with van der Waals surface area (Å²) in [5, 5.41) is 0. The molecule has 1 aromatic heterocycles. The number of pyridine rings is 1. The molecular weight excluding hydrogens is 262 g/mol. The maximum atomic E-state index is 6.03. The van der Waals surface area contributed by atoms with Crippen LogP contribution in [0.15, 0.2) is 42.6 Å². The summed E-state index contributed by atoms with van der Waals surface area (Å²) in [6.07, 6.45) is 1.90. The third-order valence-electron chi connectivity index (χ3n) is 2.68. The van der Waals surface area contributed by atoms with E-state index in [0.717, 1.165) is 22.8 Å². The van der Waals surface area contributed by atoms with Crippen LogP contribution in [0, 0.1) is 0 Å². The third-order valence-corrected chi connectivity index (χ3v) is 2.68. The van der Waals surface area contributed by atoms with Crippen molar-refractivity contribution >= 4 is 0 Å². The van der Waals surface area contributed by atoms with Gasteiger partial charge in [0.2, 0.25) is 0 Å². The molecule has 0 atom stereocenters. The highest BCUT2D eigenvalue weighted by Crippen LogP contribution is 2.32. The van der Waals surface area contributed by atoms with Gasteiger partial charge in [-0.05, 0) is 52.8 Å². The Morgan fingerprint density at radius 3 is 2.43 bits per heavy atom. The van der Waals surface area contributed by atoms with Gasteiger partial charge in [0, 0.05) is 17.8 Å². The Hall–Kier alpha value is -2.03. The summed E-state index contributed by atoms with van der Waals surface area (Å²) >= 11 is 0. The smallest absolute Gasteiger partial charge is 0.129 e. The van der Waals surface area contributed by atoms with Gasteiger partial charge in [-0.1, -0.05) is 12.1 Å². The van der Waals surface area contributed by atoms with Crippen LogP contribution in [-0.2, 0) is 0 Å². The van der Waals surface area contributed by atoms with Crippen LogP contribution >= 0.6 is 0 Å². The average Bonchev–Trinajstić information content (AvgIpc) is 2.37. The van der Waals surface area contributed by atoms with Crippen molar-refractivity contribution in [3.05, 3.63) is 42.6 Å². The second-order valence-electron chi connectivity index (χ2n) is 6.25. The molecule has 0 fully saturated rings. The number of nitrogens with zero attached hydrogens (tertiary/aromatic N) is 1. The number of para-hydroxylation sites is 1. The molecule has 0 saturated heterocycles. The van der Waals surface area contributed by atoms with Crippen LogP contribution in [0.4, 0.5) is 0 Å². The van der Waals surface area contributed by atoms with Crippen LogP contribution < -0.4 is 9.47 Å². The zero-order chi connectivity index (χ0) is 15.5. The number of benzene rings is 1. The maximum Gasteiger partial charge on any atom is 0.129 e. The van der Waals surface area contributed by atoms with E-state index >= 15 is 0 Å². The van der Waals surface area contributed by atoms with Crippen LogP contribution in [0.1, 0.15) is 34.6 Å². The number of hydrogen-bond acceptors (Lipinski definition) is 3. The second-order valence-corrected chi connectivity index (χ2v) is 6.25. The molecule has 1 aromatic carbocycles. The molecule has 0 aliphatic rings. The molecule has 3 nitrogen and oxygen atoms in total. The summed E-state index contributed by atoms with van der Waals surface area (Å²) in [4.78, 5) is 4.45. The minimum atomic E-state index is -0.248. The topological polar surface area (TPSA) is 31.4 Å². The highest BCUT2D eigenvalue weighted by atomic mass is 16.5. The van der Waals surface area contributed by atoms with E-state index in [1.807, 2.05) is 71.0 Å². The molecule has 0 saturated carbocycles. The third kappa shape index (κ3) is 4.48. The van der Waals surface area contributed by atoms with Gasteiger partial charge in [0.1, 0.15) is 17.1 Å². The van der Waals surface area contributed by atoms with Crippen LogP contribution in [0.25, 0.3) is 11.3 Å². The first-order valence-electron chi connectivity index (χ1n) is 7.26. The molecule has 1 heterocycles. The van der Waals surface area contributed by atoms with Crippen molar-refractivity contribution in [3.63, 3.8) is 0 Å². The van der Waals surface area contributed by atoms with Gasteiger partial charge >= 0.3 is 0 Å². The molecule has 0 aliphatic carbocycles. The zero-order valence-corrected chi connectivity index (χ0v) is 13.4. The number of aromatic nitrogens is 1. The van der Waals surface area contributed by atoms with E-state index in [9.17, 15) is 0 Å². The fourth-order valence-electron chi connectivity index (χ4n) is 2.00. The largest absolute Gasteiger partial charge is 0.491 e. The SMILES string of the molecule is CC(C)Oc1ccnc(-c2ccccc2OC(C)(C)C)c1. The molecule has 0 radical (unpaired) electrons. The summed E-state index contributed by atoms with van der Waals surface area (Å²) in [7, 11) is 0. The molecule has 21 heavy (non-hydrogen) atoms. The summed E-state index contributed by atoms with van der Waals surface area (Å²) in [6, 6.07) is 11.8. The quantitative estimate of drug-likeness (QED) is 0.815. The summed E-state index contributed by atoms with van der Waals surface area (Å²) in [6.45, 7) is 10.1. The van der Waals surface area contributed by atoms with Crippen molar-refractivity contribution in [1.29, 1.82) is 0 Å². The van der Waals surface area contributed by atoms with E-state index in [4.69, 9.17) is 9.47 Å². The normalized spacial score (nSPS) is 11.5. The first-order chi connectivity index (χ1) is 9.85. The first-order valence-corrected chi connectivity index (χ1v) is 7.26. The Bertz CT molecular complexity index is 600. The Morgan fingerprint density at radius 2 is 1.76 bits per heavy atom. The number of hydrogen-bond donors (Lipinski definition) is 0. The zero-order valence-electron chi connectivity index (χ0n) is 13.4. The number of rotatable bonds is 4. The monoisotopic (exact) mass is 285 g/mol. The molecule has 112 valence electrons. The lowest BCUT2D eigenvalue weighted by Gasteiger charge is -2.23. The van der Waals surface area contributed by atoms with E-state index < -0.39 is 0 Å². The highest BCUT2D eigenvalue weighted by Gasteiger charge is 2.16. The van der Waals surface area contributed by atoms with Crippen molar-refractivity contribution < 1.29 is 9.47 Å². The van der Waals surface area contributed by atoms with Crippen LogP contribution in [0.2, 0.25) is 0 Å². The minimum Gasteiger partial charge on any atom is -0.491 e. The van der Waals surface area contributed by atoms with E-state index in [2.05, 4.69) is 4.98 Å². The van der Waals surface area contributed by atoms with Gasteiger partial charge in [-0.15, -0.1) is 0 Å². The van der Waals surface area contributed by atoms with Gasteiger partial charge in [0.15, 0.2) is 0 Å².